The number of carbonyl (C=O) groups excluding carboxylic acids is 1. The van der Waals surface area contributed by atoms with Crippen LogP contribution in [0.2, 0.25) is 0 Å². The third kappa shape index (κ3) is 7.31. The molecule has 0 bridgehead atoms. The van der Waals surface area contributed by atoms with Gasteiger partial charge in [-0.1, -0.05) is 33.1 Å². The number of hydrogen-bond donors (Lipinski definition) is 2. The van der Waals surface area contributed by atoms with Crippen molar-refractivity contribution in [3.8, 4) is 0 Å². The molecule has 1 heterocycles. The lowest BCUT2D eigenvalue weighted by Crippen LogP contribution is -2.46. The lowest BCUT2D eigenvalue weighted by atomic mass is 9.95. The Kier molecular flexibility index (Phi) is 10.1. The van der Waals surface area contributed by atoms with Crippen LogP contribution in [0.1, 0.15) is 63.1 Å². The number of hydrogen-bond acceptors (Lipinski definition) is 3. The van der Waals surface area contributed by atoms with E-state index in [0.29, 0.717) is 24.5 Å². The minimum atomic E-state index is 0. The lowest BCUT2D eigenvalue weighted by molar-refractivity contribution is -0.120. The van der Waals surface area contributed by atoms with Gasteiger partial charge >= 0.3 is 0 Å². The van der Waals surface area contributed by atoms with Crippen molar-refractivity contribution in [2.75, 3.05) is 20.6 Å². The third-order valence-corrected chi connectivity index (χ3v) is 4.84. The van der Waals surface area contributed by atoms with Gasteiger partial charge in [-0.05, 0) is 18.8 Å². The van der Waals surface area contributed by atoms with Gasteiger partial charge in [0.25, 0.3) is 0 Å². The highest BCUT2D eigenvalue weighted by atomic mass is 127. The van der Waals surface area contributed by atoms with E-state index < -0.39 is 0 Å². The Morgan fingerprint density at radius 1 is 1.37 bits per heavy atom. The van der Waals surface area contributed by atoms with Gasteiger partial charge in [0.1, 0.15) is 0 Å². The Morgan fingerprint density at radius 2 is 2.04 bits per heavy atom. The van der Waals surface area contributed by atoms with Crippen molar-refractivity contribution in [1.29, 1.82) is 0 Å². The molecule has 0 saturated heterocycles. The Morgan fingerprint density at radius 3 is 2.63 bits per heavy atom. The summed E-state index contributed by atoms with van der Waals surface area (Å²) in [4.78, 5) is 18.5. The van der Waals surface area contributed by atoms with Gasteiger partial charge in [-0.3, -0.25) is 14.5 Å². The number of aliphatic imine (C=N–C) groups is 1. The summed E-state index contributed by atoms with van der Waals surface area (Å²) in [6, 6.07) is 0.335. The van der Waals surface area contributed by atoms with Crippen LogP contribution in [0.3, 0.4) is 0 Å². The summed E-state index contributed by atoms with van der Waals surface area (Å²) in [6.45, 7) is 5.24. The van der Waals surface area contributed by atoms with Gasteiger partial charge in [0, 0.05) is 45.5 Å². The van der Waals surface area contributed by atoms with E-state index in [9.17, 15) is 4.79 Å². The molecule has 2 N–H and O–H groups in total. The van der Waals surface area contributed by atoms with Crippen molar-refractivity contribution in [3.05, 3.63) is 17.5 Å². The van der Waals surface area contributed by atoms with Crippen molar-refractivity contribution in [2.45, 2.75) is 64.5 Å². The zero-order valence-electron chi connectivity index (χ0n) is 17.3. The fraction of sp³-hybridized carbons (Fsp3) is 0.737. The molecule has 1 aromatic rings. The second kappa shape index (κ2) is 11.5. The summed E-state index contributed by atoms with van der Waals surface area (Å²) in [6.07, 6.45) is 7.96. The maximum absolute atomic E-state index is 12.2. The van der Waals surface area contributed by atoms with Gasteiger partial charge in [-0.25, -0.2) is 0 Å². The van der Waals surface area contributed by atoms with Gasteiger partial charge < -0.3 is 15.5 Å². The number of rotatable bonds is 6. The quantitative estimate of drug-likeness (QED) is 0.365. The number of halogens is 1. The molecule has 8 heteroatoms. The van der Waals surface area contributed by atoms with Crippen LogP contribution in [-0.2, 0) is 18.4 Å². The van der Waals surface area contributed by atoms with E-state index in [1.54, 1.807) is 7.05 Å². The van der Waals surface area contributed by atoms with Gasteiger partial charge in [0.2, 0.25) is 5.91 Å². The molecule has 154 valence electrons. The fourth-order valence-electron chi connectivity index (χ4n) is 3.56. The molecule has 0 atom stereocenters. The van der Waals surface area contributed by atoms with Crippen LogP contribution in [-0.4, -0.2) is 53.2 Å². The molecule has 1 fully saturated rings. The van der Waals surface area contributed by atoms with Gasteiger partial charge in [-0.15, -0.1) is 24.0 Å². The molecule has 0 aliphatic heterocycles. The van der Waals surface area contributed by atoms with E-state index in [1.165, 1.54) is 24.8 Å². The van der Waals surface area contributed by atoms with E-state index in [4.69, 9.17) is 0 Å². The fourth-order valence-corrected chi connectivity index (χ4v) is 3.56. The zero-order valence-corrected chi connectivity index (χ0v) is 19.6. The summed E-state index contributed by atoms with van der Waals surface area (Å²) >= 11 is 0. The first-order valence-electron chi connectivity index (χ1n) is 9.64. The minimum absolute atomic E-state index is 0. The molecule has 1 aromatic heterocycles. The molecule has 0 spiro atoms. The highest BCUT2D eigenvalue weighted by Crippen LogP contribution is 2.19. The Balaban J connectivity index is 0.00000364. The summed E-state index contributed by atoms with van der Waals surface area (Å²) in [5, 5.41) is 10.9. The van der Waals surface area contributed by atoms with E-state index in [-0.39, 0.29) is 36.4 Å². The Hall–Kier alpha value is -1.32. The molecule has 1 aliphatic rings. The summed E-state index contributed by atoms with van der Waals surface area (Å²) < 4.78 is 1.85. The monoisotopic (exact) mass is 490 g/mol. The molecular weight excluding hydrogens is 455 g/mol. The molecular formula is C19H35IN6O. The maximum atomic E-state index is 12.2. The number of amides is 1. The van der Waals surface area contributed by atoms with Crippen LogP contribution >= 0.6 is 24.0 Å². The first-order chi connectivity index (χ1) is 12.4. The third-order valence-electron chi connectivity index (χ3n) is 4.84. The van der Waals surface area contributed by atoms with E-state index in [2.05, 4.69) is 40.8 Å². The average molecular weight is 490 g/mol. The van der Waals surface area contributed by atoms with Gasteiger partial charge in [0.15, 0.2) is 5.96 Å². The first kappa shape index (κ1) is 23.7. The second-order valence-electron chi connectivity index (χ2n) is 7.53. The largest absolute Gasteiger partial charge is 0.352 e. The van der Waals surface area contributed by atoms with Crippen LogP contribution in [0.5, 0.6) is 0 Å². The van der Waals surface area contributed by atoms with E-state index in [0.717, 1.165) is 18.5 Å². The molecule has 1 aliphatic carbocycles. The summed E-state index contributed by atoms with van der Waals surface area (Å²) in [5.41, 5.74) is 2.28. The number of aryl methyl sites for hydroxylation is 1. The highest BCUT2D eigenvalue weighted by molar-refractivity contribution is 14.0. The molecule has 27 heavy (non-hydrogen) atoms. The predicted octanol–water partition coefficient (Wildman–Crippen LogP) is 2.62. The summed E-state index contributed by atoms with van der Waals surface area (Å²) in [5.74, 6) is 1.12. The number of aromatic nitrogens is 2. The smallest absolute Gasteiger partial charge is 0.239 e. The molecule has 1 saturated carbocycles. The highest BCUT2D eigenvalue weighted by Gasteiger charge is 2.17. The SMILES string of the molecule is CN=C(NCC(=O)NC1CCCCC1)N(C)Cc1cn(C)nc1C(C)C.I. The summed E-state index contributed by atoms with van der Waals surface area (Å²) in [7, 11) is 5.66. The Bertz CT molecular complexity index is 622. The number of carbonyl (C=O) groups is 1. The van der Waals surface area contributed by atoms with Crippen molar-refractivity contribution in [2.24, 2.45) is 12.0 Å². The molecule has 0 radical (unpaired) electrons. The molecule has 1 amide bonds. The maximum Gasteiger partial charge on any atom is 0.239 e. The van der Waals surface area contributed by atoms with Gasteiger partial charge in [0.05, 0.1) is 12.2 Å². The lowest BCUT2D eigenvalue weighted by Gasteiger charge is -2.24. The zero-order chi connectivity index (χ0) is 19.1. The topological polar surface area (TPSA) is 74.6 Å². The number of nitrogens with zero attached hydrogens (tertiary/aromatic N) is 4. The van der Waals surface area contributed by atoms with Gasteiger partial charge in [-0.2, -0.15) is 5.10 Å². The molecule has 7 nitrogen and oxygen atoms in total. The van der Waals surface area contributed by atoms with Crippen LogP contribution < -0.4 is 10.6 Å². The van der Waals surface area contributed by atoms with Crippen LogP contribution in [0, 0.1) is 0 Å². The van der Waals surface area contributed by atoms with E-state index >= 15 is 0 Å². The molecule has 2 rings (SSSR count). The second-order valence-corrected chi connectivity index (χ2v) is 7.53. The molecule has 0 aromatic carbocycles. The average Bonchev–Trinajstić information content (AvgIpc) is 2.97. The number of nitrogens with one attached hydrogen (secondary N) is 2. The standard InChI is InChI=1S/C19H34N6O.HI/c1-14(2)18-15(13-25(5)23-18)12-24(4)19(20-3)21-11-17(26)22-16-9-7-6-8-10-16;/h13-14,16H,6-12H2,1-5H3,(H,20,21)(H,22,26);1H. The first-order valence-corrected chi connectivity index (χ1v) is 9.64. The van der Waals surface area contributed by atoms with Crippen molar-refractivity contribution >= 4 is 35.8 Å². The van der Waals surface area contributed by atoms with Crippen molar-refractivity contribution < 1.29 is 4.79 Å². The van der Waals surface area contributed by atoms with Crippen molar-refractivity contribution in [3.63, 3.8) is 0 Å². The normalized spacial score (nSPS) is 15.4. The van der Waals surface area contributed by atoms with Crippen LogP contribution in [0.25, 0.3) is 0 Å². The van der Waals surface area contributed by atoms with Crippen LogP contribution in [0.4, 0.5) is 0 Å². The van der Waals surface area contributed by atoms with Crippen LogP contribution in [0.15, 0.2) is 11.2 Å². The van der Waals surface area contributed by atoms with Crippen molar-refractivity contribution in [1.82, 2.24) is 25.3 Å². The predicted molar refractivity (Wildman–Crippen MR) is 121 cm³/mol. The number of guanidine groups is 1. The Labute approximate surface area is 180 Å². The minimum Gasteiger partial charge on any atom is -0.352 e. The van der Waals surface area contributed by atoms with E-state index in [1.807, 2.05) is 23.7 Å². The molecule has 0 unspecified atom stereocenters.